The molecule has 0 bridgehead atoms. The molecular weight excluding hydrogens is 258 g/mol. The number of aliphatic hydroxyl groups is 1. The second-order valence-corrected chi connectivity index (χ2v) is 3.79. The molecule has 2 aromatic rings. The van der Waals surface area contributed by atoms with Crippen LogP contribution >= 0.6 is 0 Å². The van der Waals surface area contributed by atoms with E-state index in [0.717, 1.165) is 0 Å². The summed E-state index contributed by atoms with van der Waals surface area (Å²) in [6, 6.07) is 5.94. The number of H-pyrrole nitrogens is 1. The zero-order valence-electron chi connectivity index (χ0n) is 10.4. The number of anilines is 1. The lowest BCUT2D eigenvalue weighted by Crippen LogP contribution is -2.15. The first kappa shape index (κ1) is 13.5. The van der Waals surface area contributed by atoms with Crippen LogP contribution in [0.25, 0.3) is 0 Å². The lowest BCUT2D eigenvalue weighted by molar-refractivity contribution is 0.102. The van der Waals surface area contributed by atoms with Gasteiger partial charge in [0.25, 0.3) is 5.91 Å². The van der Waals surface area contributed by atoms with E-state index in [1.54, 1.807) is 12.1 Å². The molecule has 0 atom stereocenters. The van der Waals surface area contributed by atoms with Crippen LogP contribution in [0, 0.1) is 11.8 Å². The summed E-state index contributed by atoms with van der Waals surface area (Å²) in [5, 5.41) is 11.2. The average Bonchev–Trinajstić information content (AvgIpc) is 2.46. The maximum atomic E-state index is 11.9. The van der Waals surface area contributed by atoms with E-state index in [4.69, 9.17) is 5.11 Å². The molecule has 0 saturated heterocycles. The quantitative estimate of drug-likeness (QED) is 0.686. The van der Waals surface area contributed by atoms with E-state index in [2.05, 4.69) is 27.1 Å². The van der Waals surface area contributed by atoms with Crippen LogP contribution in [0.5, 0.6) is 0 Å². The highest BCUT2D eigenvalue weighted by Gasteiger charge is 2.06. The maximum absolute atomic E-state index is 11.9. The number of hydrogen-bond donors (Lipinski definition) is 3. The smallest absolute Gasteiger partial charge is 0.258 e. The van der Waals surface area contributed by atoms with Crippen molar-refractivity contribution in [2.75, 3.05) is 11.9 Å². The van der Waals surface area contributed by atoms with Gasteiger partial charge in [-0.25, -0.2) is 4.98 Å². The highest BCUT2D eigenvalue weighted by molar-refractivity contribution is 6.03. The van der Waals surface area contributed by atoms with Crippen LogP contribution in [-0.4, -0.2) is 27.6 Å². The summed E-state index contributed by atoms with van der Waals surface area (Å²) >= 11 is 0. The molecule has 2 rings (SSSR count). The van der Waals surface area contributed by atoms with Crippen LogP contribution in [0.4, 0.5) is 5.82 Å². The molecule has 3 N–H and O–H groups in total. The van der Waals surface area contributed by atoms with Crippen molar-refractivity contribution in [2.45, 2.75) is 0 Å². The molecule has 1 amide bonds. The topological polar surface area (TPSA) is 95.1 Å². The first-order chi connectivity index (χ1) is 9.69. The van der Waals surface area contributed by atoms with Crippen LogP contribution in [0.3, 0.4) is 0 Å². The molecule has 0 saturated carbocycles. The van der Waals surface area contributed by atoms with Crippen LogP contribution in [-0.2, 0) is 0 Å². The Kier molecular flexibility index (Phi) is 4.27. The molecule has 6 nitrogen and oxygen atoms in total. The Hall–Kier alpha value is -2.91. The fraction of sp³-hybridized carbons (Fsp3) is 0.0714. The third-order valence-corrected chi connectivity index (χ3v) is 2.36. The van der Waals surface area contributed by atoms with Crippen molar-refractivity contribution in [3.63, 3.8) is 0 Å². The molecular formula is C14H11N3O3. The van der Waals surface area contributed by atoms with Gasteiger partial charge in [0, 0.05) is 24.0 Å². The van der Waals surface area contributed by atoms with Gasteiger partial charge in [0.05, 0.1) is 5.56 Å². The maximum Gasteiger partial charge on any atom is 0.258 e. The van der Waals surface area contributed by atoms with Gasteiger partial charge in [-0.3, -0.25) is 9.59 Å². The van der Waals surface area contributed by atoms with E-state index < -0.39 is 0 Å². The van der Waals surface area contributed by atoms with Crippen LogP contribution in [0.1, 0.15) is 15.9 Å². The lowest BCUT2D eigenvalue weighted by Gasteiger charge is -2.04. The predicted molar refractivity (Wildman–Crippen MR) is 73.2 cm³/mol. The molecule has 0 aromatic carbocycles. The fourth-order valence-electron chi connectivity index (χ4n) is 1.46. The van der Waals surface area contributed by atoms with E-state index in [-0.39, 0.29) is 18.1 Å². The highest BCUT2D eigenvalue weighted by Crippen LogP contribution is 2.07. The average molecular weight is 269 g/mol. The van der Waals surface area contributed by atoms with Gasteiger partial charge in [0.15, 0.2) is 0 Å². The number of aromatic nitrogens is 2. The van der Waals surface area contributed by atoms with Crippen LogP contribution in [0.15, 0.2) is 41.5 Å². The zero-order chi connectivity index (χ0) is 14.4. The Balaban J connectivity index is 2.15. The summed E-state index contributed by atoms with van der Waals surface area (Å²) in [6.07, 6.45) is 2.83. The first-order valence-electron chi connectivity index (χ1n) is 5.75. The third kappa shape index (κ3) is 3.54. The molecule has 2 heterocycles. The van der Waals surface area contributed by atoms with Crippen molar-refractivity contribution >= 4 is 11.7 Å². The normalized spacial score (nSPS) is 9.45. The van der Waals surface area contributed by atoms with Gasteiger partial charge < -0.3 is 15.4 Å². The minimum absolute atomic E-state index is 0.235. The van der Waals surface area contributed by atoms with Gasteiger partial charge in [0.2, 0.25) is 5.56 Å². The second kappa shape index (κ2) is 6.31. The summed E-state index contributed by atoms with van der Waals surface area (Å²) in [5.41, 5.74) is 0.671. The Morgan fingerprint density at radius 1 is 1.40 bits per heavy atom. The van der Waals surface area contributed by atoms with Crippen molar-refractivity contribution in [1.29, 1.82) is 0 Å². The number of hydrogen-bond acceptors (Lipinski definition) is 4. The van der Waals surface area contributed by atoms with Crippen molar-refractivity contribution in [1.82, 2.24) is 9.97 Å². The molecule has 0 aliphatic heterocycles. The Morgan fingerprint density at radius 2 is 2.25 bits per heavy atom. The predicted octanol–water partition coefficient (Wildman–Crippen LogP) is 0.366. The molecule has 2 aromatic heterocycles. The van der Waals surface area contributed by atoms with Crippen molar-refractivity contribution in [3.05, 3.63) is 58.1 Å². The summed E-state index contributed by atoms with van der Waals surface area (Å²) < 4.78 is 0. The Labute approximate surface area is 114 Å². The van der Waals surface area contributed by atoms with E-state index in [9.17, 15) is 9.59 Å². The molecule has 0 radical (unpaired) electrons. The standard InChI is InChI=1S/C14H11N3O3/c18-7-1-2-10-5-6-15-12(8-10)17-14(20)11-3-4-13(19)16-9-11/h3-6,8-9,18H,7H2,(H,16,19)(H,15,17,20). The molecule has 0 unspecified atom stereocenters. The van der Waals surface area contributed by atoms with Crippen molar-refractivity contribution < 1.29 is 9.90 Å². The Bertz CT molecular complexity index is 721. The van der Waals surface area contributed by atoms with Crippen LogP contribution < -0.4 is 10.9 Å². The summed E-state index contributed by atoms with van der Waals surface area (Å²) in [7, 11) is 0. The van der Waals surface area contributed by atoms with Gasteiger partial charge in [-0.2, -0.15) is 0 Å². The number of rotatable bonds is 2. The number of aromatic amines is 1. The highest BCUT2D eigenvalue weighted by atomic mass is 16.2. The molecule has 0 fully saturated rings. The van der Waals surface area contributed by atoms with Gasteiger partial charge in [-0.05, 0) is 18.2 Å². The van der Waals surface area contributed by atoms with Crippen molar-refractivity contribution in [2.24, 2.45) is 0 Å². The van der Waals surface area contributed by atoms with Gasteiger partial charge in [-0.1, -0.05) is 11.8 Å². The SMILES string of the molecule is O=C(Nc1cc(C#CCO)ccn1)c1ccc(=O)[nH]c1. The molecule has 0 aliphatic rings. The van der Waals surface area contributed by atoms with Gasteiger partial charge >= 0.3 is 0 Å². The largest absolute Gasteiger partial charge is 0.384 e. The Morgan fingerprint density at radius 3 is 2.95 bits per heavy atom. The van der Waals surface area contributed by atoms with E-state index >= 15 is 0 Å². The molecule has 6 heteroatoms. The number of amides is 1. The number of carbonyl (C=O) groups is 1. The number of aliphatic hydroxyl groups excluding tert-OH is 1. The van der Waals surface area contributed by atoms with Crippen molar-refractivity contribution in [3.8, 4) is 11.8 Å². The number of nitrogens with one attached hydrogen (secondary N) is 2. The van der Waals surface area contributed by atoms with E-state index in [1.807, 2.05) is 0 Å². The van der Waals surface area contributed by atoms with E-state index in [1.165, 1.54) is 24.5 Å². The van der Waals surface area contributed by atoms with E-state index in [0.29, 0.717) is 16.9 Å². The molecule has 100 valence electrons. The number of pyridine rings is 2. The summed E-state index contributed by atoms with van der Waals surface area (Å²) in [5.74, 6) is 5.18. The van der Waals surface area contributed by atoms with Gasteiger partial charge in [-0.15, -0.1) is 0 Å². The zero-order valence-corrected chi connectivity index (χ0v) is 10.4. The fourth-order valence-corrected chi connectivity index (χ4v) is 1.46. The number of nitrogens with zero attached hydrogens (tertiary/aromatic N) is 1. The molecule has 20 heavy (non-hydrogen) atoms. The minimum Gasteiger partial charge on any atom is -0.384 e. The minimum atomic E-state index is -0.388. The second-order valence-electron chi connectivity index (χ2n) is 3.79. The monoisotopic (exact) mass is 269 g/mol. The lowest BCUT2D eigenvalue weighted by atomic mass is 10.2. The van der Waals surface area contributed by atoms with Gasteiger partial charge in [0.1, 0.15) is 12.4 Å². The van der Waals surface area contributed by atoms with Crippen LogP contribution in [0.2, 0.25) is 0 Å². The summed E-state index contributed by atoms with van der Waals surface area (Å²) in [4.78, 5) is 29.2. The third-order valence-electron chi connectivity index (χ3n) is 2.36. The number of carbonyl (C=O) groups excluding carboxylic acids is 1. The molecule has 0 aliphatic carbocycles. The first-order valence-corrected chi connectivity index (χ1v) is 5.75. The molecule has 0 spiro atoms. The summed E-state index contributed by atoms with van der Waals surface area (Å²) in [6.45, 7) is -0.235.